The average Bonchev–Trinajstić information content (AvgIpc) is 2.38. The highest BCUT2D eigenvalue weighted by atomic mass is 16.7. The van der Waals surface area contributed by atoms with E-state index in [2.05, 4.69) is 14.8 Å². The van der Waals surface area contributed by atoms with E-state index in [1.807, 2.05) is 0 Å². The van der Waals surface area contributed by atoms with Gasteiger partial charge in [-0.05, 0) is 0 Å². The molecule has 7 heteroatoms. The summed E-state index contributed by atoms with van der Waals surface area (Å²) in [5.74, 6) is -1.20. The minimum Gasteiger partial charge on any atom is -0.465 e. The van der Waals surface area contributed by atoms with Crippen molar-refractivity contribution in [3.8, 4) is 0 Å². The lowest BCUT2D eigenvalue weighted by Gasteiger charge is -2.13. The van der Waals surface area contributed by atoms with E-state index in [1.54, 1.807) is 0 Å². The quantitative estimate of drug-likeness (QED) is 0.196. The normalized spacial score (nSPS) is 11.5. The van der Waals surface area contributed by atoms with Gasteiger partial charge < -0.3 is 24.3 Å². The number of hydrogen-bond acceptors (Lipinski definition) is 7. The first-order valence-electron chi connectivity index (χ1n) is 5.20. The number of ketones is 1. The van der Waals surface area contributed by atoms with Gasteiger partial charge in [0, 0.05) is 27.5 Å². The van der Waals surface area contributed by atoms with Gasteiger partial charge in [0.05, 0.1) is 13.7 Å². The van der Waals surface area contributed by atoms with Crippen LogP contribution in [0.1, 0.15) is 0 Å². The molecule has 0 radical (unpaired) electrons. The van der Waals surface area contributed by atoms with Gasteiger partial charge in [-0.1, -0.05) is 0 Å². The number of nitrogens with one attached hydrogen (secondary N) is 1. The highest BCUT2D eigenvalue weighted by Gasteiger charge is 2.18. The van der Waals surface area contributed by atoms with Crippen LogP contribution in [0.25, 0.3) is 0 Å². The van der Waals surface area contributed by atoms with Crippen molar-refractivity contribution in [2.75, 3.05) is 41.6 Å². The molecule has 0 saturated heterocycles. The first kappa shape index (κ1) is 16.6. The Morgan fingerprint density at radius 3 is 2.22 bits per heavy atom. The van der Waals surface area contributed by atoms with Crippen LogP contribution in [-0.4, -0.2) is 59.6 Å². The maximum atomic E-state index is 11.6. The molecule has 0 aliphatic heterocycles. The maximum absolute atomic E-state index is 11.6. The average molecular weight is 261 g/mol. The van der Waals surface area contributed by atoms with Gasteiger partial charge in [0.2, 0.25) is 0 Å². The fourth-order valence-electron chi connectivity index (χ4n) is 1.09. The Morgan fingerprint density at radius 2 is 1.78 bits per heavy atom. The van der Waals surface area contributed by atoms with Gasteiger partial charge in [0.1, 0.15) is 12.2 Å². The zero-order valence-corrected chi connectivity index (χ0v) is 11.0. The van der Waals surface area contributed by atoms with Crippen LogP contribution < -0.4 is 5.32 Å². The summed E-state index contributed by atoms with van der Waals surface area (Å²) in [5, 5.41) is 2.75. The van der Waals surface area contributed by atoms with E-state index in [0.29, 0.717) is 0 Å². The lowest BCUT2D eigenvalue weighted by atomic mass is 10.2. The van der Waals surface area contributed by atoms with Crippen LogP contribution in [0.5, 0.6) is 0 Å². The Kier molecular flexibility index (Phi) is 8.81. The highest BCUT2D eigenvalue weighted by molar-refractivity contribution is 6.17. The molecule has 104 valence electrons. The second kappa shape index (κ2) is 9.58. The first-order valence-corrected chi connectivity index (χ1v) is 5.20. The van der Waals surface area contributed by atoms with Gasteiger partial charge in [0.25, 0.3) is 0 Å². The molecule has 0 atom stereocenters. The third-order valence-electron chi connectivity index (χ3n) is 2.04. The Balaban J connectivity index is 4.56. The van der Waals surface area contributed by atoms with Crippen molar-refractivity contribution in [3.63, 3.8) is 0 Å². The summed E-state index contributed by atoms with van der Waals surface area (Å²) in [6.45, 7) is 0.0916. The lowest BCUT2D eigenvalue weighted by Crippen LogP contribution is -2.28. The monoisotopic (exact) mass is 261 g/mol. The molecule has 0 aromatic carbocycles. The minimum atomic E-state index is -0.726. The predicted molar refractivity (Wildman–Crippen MR) is 62.8 cm³/mol. The van der Waals surface area contributed by atoms with Crippen LogP contribution in [0, 0.1) is 0 Å². The molecule has 0 aliphatic carbocycles. The maximum Gasteiger partial charge on any atom is 0.343 e. The van der Waals surface area contributed by atoms with Crippen molar-refractivity contribution in [1.82, 2.24) is 5.32 Å². The van der Waals surface area contributed by atoms with Crippen molar-refractivity contribution in [1.29, 1.82) is 0 Å². The largest absolute Gasteiger partial charge is 0.465 e. The Labute approximate surface area is 106 Å². The topological polar surface area (TPSA) is 83.1 Å². The summed E-state index contributed by atoms with van der Waals surface area (Å²) in [5.41, 5.74) is -0.120. The molecule has 0 heterocycles. The molecule has 0 rings (SSSR count). The number of hydrogen-bond donors (Lipinski definition) is 1. The standard InChI is InChI=1S/C11H19NO6/c1-15-7-9(13)8(11(14)18-4)5-12-6-10(16-2)17-3/h5,10,12H,6-7H2,1-4H3/b8-5+. The van der Waals surface area contributed by atoms with E-state index in [9.17, 15) is 9.59 Å². The molecule has 0 unspecified atom stereocenters. The second-order valence-electron chi connectivity index (χ2n) is 3.21. The van der Waals surface area contributed by atoms with E-state index >= 15 is 0 Å². The van der Waals surface area contributed by atoms with E-state index in [-0.39, 0.29) is 18.7 Å². The fourth-order valence-corrected chi connectivity index (χ4v) is 1.09. The number of rotatable bonds is 9. The van der Waals surface area contributed by atoms with E-state index in [4.69, 9.17) is 9.47 Å². The molecule has 0 aromatic heterocycles. The molecule has 1 N–H and O–H groups in total. The van der Waals surface area contributed by atoms with Crippen molar-refractivity contribution < 1.29 is 28.5 Å². The van der Waals surface area contributed by atoms with Crippen LogP contribution in [-0.2, 0) is 28.5 Å². The fraction of sp³-hybridized carbons (Fsp3) is 0.636. The van der Waals surface area contributed by atoms with Crippen molar-refractivity contribution >= 4 is 11.8 Å². The number of carbonyl (C=O) groups is 2. The van der Waals surface area contributed by atoms with Crippen LogP contribution in [0.4, 0.5) is 0 Å². The molecule has 0 saturated carbocycles. The SMILES string of the molecule is COCC(=O)/C(=C\NCC(OC)OC)C(=O)OC. The molecule has 0 aromatic rings. The van der Waals surface area contributed by atoms with Crippen molar-refractivity contribution in [2.24, 2.45) is 0 Å². The molecule has 0 spiro atoms. The summed E-state index contributed by atoms with van der Waals surface area (Å²) in [6, 6.07) is 0. The summed E-state index contributed by atoms with van der Waals surface area (Å²) in [4.78, 5) is 22.9. The Hall–Kier alpha value is -1.44. The smallest absolute Gasteiger partial charge is 0.343 e. The van der Waals surface area contributed by atoms with Gasteiger partial charge in [0.15, 0.2) is 12.1 Å². The second-order valence-corrected chi connectivity index (χ2v) is 3.21. The molecular formula is C11H19NO6. The molecule has 0 aliphatic rings. The van der Waals surface area contributed by atoms with Crippen LogP contribution in [0.2, 0.25) is 0 Å². The highest BCUT2D eigenvalue weighted by Crippen LogP contribution is 1.99. The molecule has 0 bridgehead atoms. The van der Waals surface area contributed by atoms with Gasteiger partial charge in [-0.2, -0.15) is 0 Å². The predicted octanol–water partition coefficient (Wildman–Crippen LogP) is -0.533. The number of carbonyl (C=O) groups excluding carboxylic acids is 2. The number of Topliss-reactive ketones (excluding diaryl/α,β-unsaturated/α-hetero) is 1. The lowest BCUT2D eigenvalue weighted by molar-refractivity contribution is -0.138. The van der Waals surface area contributed by atoms with Crippen LogP contribution >= 0.6 is 0 Å². The Morgan fingerprint density at radius 1 is 1.17 bits per heavy atom. The van der Waals surface area contributed by atoms with E-state index < -0.39 is 18.0 Å². The molecule has 0 amide bonds. The van der Waals surface area contributed by atoms with Gasteiger partial charge in [-0.15, -0.1) is 0 Å². The summed E-state index contributed by atoms with van der Waals surface area (Å²) in [6.07, 6.45) is 0.788. The van der Waals surface area contributed by atoms with E-state index in [1.165, 1.54) is 34.6 Å². The van der Waals surface area contributed by atoms with Crippen LogP contribution in [0.15, 0.2) is 11.8 Å². The van der Waals surface area contributed by atoms with E-state index in [0.717, 1.165) is 0 Å². The zero-order chi connectivity index (χ0) is 14.0. The minimum absolute atomic E-state index is 0.120. The van der Waals surface area contributed by atoms with Crippen molar-refractivity contribution in [2.45, 2.75) is 6.29 Å². The summed E-state index contributed by atoms with van der Waals surface area (Å²) >= 11 is 0. The first-order chi connectivity index (χ1) is 8.60. The number of esters is 1. The summed E-state index contributed by atoms with van der Waals surface area (Å²) in [7, 11) is 5.53. The van der Waals surface area contributed by atoms with Gasteiger partial charge in [-0.25, -0.2) is 4.79 Å². The molecule has 7 nitrogen and oxygen atoms in total. The third kappa shape index (κ3) is 5.76. The van der Waals surface area contributed by atoms with Gasteiger partial charge >= 0.3 is 5.97 Å². The summed E-state index contributed by atoms with van der Waals surface area (Å²) < 4.78 is 19.1. The van der Waals surface area contributed by atoms with Gasteiger partial charge in [-0.3, -0.25) is 4.79 Å². The van der Waals surface area contributed by atoms with Crippen molar-refractivity contribution in [3.05, 3.63) is 11.8 Å². The molecular weight excluding hydrogens is 242 g/mol. The third-order valence-corrected chi connectivity index (χ3v) is 2.04. The Bertz CT molecular complexity index is 298. The van der Waals surface area contributed by atoms with Crippen LogP contribution in [0.3, 0.4) is 0 Å². The molecule has 0 fully saturated rings. The number of methoxy groups -OCH3 is 4. The zero-order valence-electron chi connectivity index (χ0n) is 11.0. The molecule has 18 heavy (non-hydrogen) atoms. The number of ether oxygens (including phenoxy) is 4.